The predicted molar refractivity (Wildman–Crippen MR) is 76.0 cm³/mol. The third-order valence-electron chi connectivity index (χ3n) is 4.59. The molecule has 106 valence electrons. The maximum atomic E-state index is 12.7. The molecule has 0 aliphatic heterocycles. The minimum Gasteiger partial charge on any atom is -0.298 e. The van der Waals surface area contributed by atoms with Gasteiger partial charge < -0.3 is 0 Å². The first-order valence-electron chi connectivity index (χ1n) is 7.24. The molecule has 0 bridgehead atoms. The van der Waals surface area contributed by atoms with Crippen molar-refractivity contribution in [3.05, 3.63) is 18.0 Å². The summed E-state index contributed by atoms with van der Waals surface area (Å²) in [6.45, 7) is 0. The Morgan fingerprint density at radius 2 is 2.05 bits per heavy atom. The monoisotopic (exact) mass is 263 g/mol. The van der Waals surface area contributed by atoms with E-state index in [9.17, 15) is 4.79 Å². The summed E-state index contributed by atoms with van der Waals surface area (Å²) in [7, 11) is 6.03. The van der Waals surface area contributed by atoms with Crippen LogP contribution < -0.4 is 0 Å². The van der Waals surface area contributed by atoms with E-state index in [1.54, 1.807) is 6.20 Å². The highest BCUT2D eigenvalue weighted by Gasteiger charge is 2.40. The van der Waals surface area contributed by atoms with Crippen LogP contribution in [0.2, 0.25) is 0 Å². The summed E-state index contributed by atoms with van der Waals surface area (Å²) in [4.78, 5) is 14.8. The fourth-order valence-electron chi connectivity index (χ4n) is 3.23. The highest BCUT2D eigenvalue weighted by atomic mass is 16.1. The van der Waals surface area contributed by atoms with E-state index in [4.69, 9.17) is 0 Å². The lowest BCUT2D eigenvalue weighted by molar-refractivity contribution is -0.131. The number of rotatable bonds is 5. The van der Waals surface area contributed by atoms with Crippen molar-refractivity contribution in [1.29, 1.82) is 0 Å². The van der Waals surface area contributed by atoms with Crippen LogP contribution in [0.4, 0.5) is 0 Å². The Kier molecular flexibility index (Phi) is 4.40. The molecule has 0 unspecified atom stereocenters. The number of aryl methyl sites for hydroxylation is 2. The van der Waals surface area contributed by atoms with E-state index in [0.717, 1.165) is 25.0 Å². The van der Waals surface area contributed by atoms with Gasteiger partial charge in [0.1, 0.15) is 0 Å². The van der Waals surface area contributed by atoms with Gasteiger partial charge in [0.05, 0.1) is 5.54 Å². The molecule has 1 aliphatic carbocycles. The quantitative estimate of drug-likeness (QED) is 0.817. The maximum absolute atomic E-state index is 12.7. The molecule has 1 heterocycles. The number of carbonyl (C=O) groups excluding carboxylic acids is 1. The van der Waals surface area contributed by atoms with Gasteiger partial charge in [-0.05, 0) is 39.4 Å². The van der Waals surface area contributed by atoms with Crippen LogP contribution in [-0.4, -0.2) is 40.1 Å². The zero-order chi connectivity index (χ0) is 13.9. The minimum absolute atomic E-state index is 0.211. The second kappa shape index (κ2) is 5.87. The van der Waals surface area contributed by atoms with E-state index in [1.807, 2.05) is 31.9 Å². The number of nitrogens with zero attached hydrogens (tertiary/aromatic N) is 3. The van der Waals surface area contributed by atoms with Crippen molar-refractivity contribution in [2.24, 2.45) is 7.05 Å². The van der Waals surface area contributed by atoms with E-state index < -0.39 is 0 Å². The van der Waals surface area contributed by atoms with E-state index in [2.05, 4.69) is 10.00 Å². The molecule has 1 aromatic rings. The number of carbonyl (C=O) groups is 1. The number of hydrogen-bond acceptors (Lipinski definition) is 3. The van der Waals surface area contributed by atoms with Gasteiger partial charge in [-0.25, -0.2) is 0 Å². The van der Waals surface area contributed by atoms with Crippen LogP contribution in [0.1, 0.15) is 44.2 Å². The molecule has 4 heteroatoms. The Balaban J connectivity index is 2.02. The van der Waals surface area contributed by atoms with Crippen molar-refractivity contribution >= 4 is 5.78 Å². The fraction of sp³-hybridized carbons (Fsp3) is 0.733. The molecule has 0 aromatic carbocycles. The first-order valence-corrected chi connectivity index (χ1v) is 7.24. The second-order valence-electron chi connectivity index (χ2n) is 5.86. The molecule has 4 nitrogen and oxygen atoms in total. The van der Waals surface area contributed by atoms with Crippen molar-refractivity contribution in [2.45, 2.75) is 50.5 Å². The van der Waals surface area contributed by atoms with Crippen LogP contribution in [-0.2, 0) is 18.3 Å². The largest absolute Gasteiger partial charge is 0.298 e. The SMILES string of the molecule is CN(C)C1(C(=O)CCc2ccnn2C)CCCCC1. The lowest BCUT2D eigenvalue weighted by Crippen LogP contribution is -2.52. The Morgan fingerprint density at radius 1 is 1.37 bits per heavy atom. The molecule has 1 fully saturated rings. The van der Waals surface area contributed by atoms with E-state index in [0.29, 0.717) is 12.2 Å². The van der Waals surface area contributed by atoms with Crippen LogP contribution in [0.15, 0.2) is 12.3 Å². The Bertz CT molecular complexity index is 430. The first kappa shape index (κ1) is 14.3. The molecule has 1 saturated carbocycles. The molecule has 0 radical (unpaired) electrons. The molecule has 0 N–H and O–H groups in total. The smallest absolute Gasteiger partial charge is 0.153 e. The number of aromatic nitrogens is 2. The number of ketones is 1. The summed E-state index contributed by atoms with van der Waals surface area (Å²) in [5, 5.41) is 4.15. The molecule has 1 aromatic heterocycles. The van der Waals surface area contributed by atoms with E-state index in [-0.39, 0.29) is 5.54 Å². The summed E-state index contributed by atoms with van der Waals surface area (Å²) in [5.41, 5.74) is 0.926. The van der Waals surface area contributed by atoms with Crippen molar-refractivity contribution in [1.82, 2.24) is 14.7 Å². The average molecular weight is 263 g/mol. The van der Waals surface area contributed by atoms with E-state index >= 15 is 0 Å². The van der Waals surface area contributed by atoms with Gasteiger partial charge in [-0.2, -0.15) is 5.10 Å². The van der Waals surface area contributed by atoms with Gasteiger partial charge in [-0.1, -0.05) is 19.3 Å². The Labute approximate surface area is 115 Å². The average Bonchev–Trinajstić information content (AvgIpc) is 2.82. The molecule has 0 atom stereocenters. The summed E-state index contributed by atoms with van der Waals surface area (Å²) in [6.07, 6.45) is 8.87. The zero-order valence-electron chi connectivity index (χ0n) is 12.4. The summed E-state index contributed by atoms with van der Waals surface area (Å²) in [5.74, 6) is 0.401. The summed E-state index contributed by atoms with van der Waals surface area (Å²) in [6, 6.07) is 2.00. The molecular weight excluding hydrogens is 238 g/mol. The van der Waals surface area contributed by atoms with Gasteiger partial charge in [0.2, 0.25) is 0 Å². The number of Topliss-reactive ketones (excluding diaryl/α,β-unsaturated/α-hetero) is 1. The van der Waals surface area contributed by atoms with Crippen molar-refractivity contribution in [3.63, 3.8) is 0 Å². The van der Waals surface area contributed by atoms with Gasteiger partial charge in [0, 0.05) is 25.4 Å². The lowest BCUT2D eigenvalue weighted by atomic mass is 9.76. The zero-order valence-corrected chi connectivity index (χ0v) is 12.4. The predicted octanol–water partition coefficient (Wildman–Crippen LogP) is 2.19. The van der Waals surface area contributed by atoms with Gasteiger partial charge in [0.25, 0.3) is 0 Å². The fourth-order valence-corrected chi connectivity index (χ4v) is 3.23. The van der Waals surface area contributed by atoms with Crippen LogP contribution in [0.3, 0.4) is 0 Å². The minimum atomic E-state index is -0.211. The molecular formula is C15H25N3O. The second-order valence-corrected chi connectivity index (χ2v) is 5.86. The van der Waals surface area contributed by atoms with Gasteiger partial charge in [-0.3, -0.25) is 14.4 Å². The molecule has 19 heavy (non-hydrogen) atoms. The van der Waals surface area contributed by atoms with Crippen LogP contribution in [0, 0.1) is 0 Å². The Morgan fingerprint density at radius 3 is 2.58 bits per heavy atom. The Hall–Kier alpha value is -1.16. The molecule has 2 rings (SSSR count). The highest BCUT2D eigenvalue weighted by molar-refractivity contribution is 5.88. The molecule has 0 spiro atoms. The molecule has 0 amide bonds. The third-order valence-corrected chi connectivity index (χ3v) is 4.59. The number of hydrogen-bond donors (Lipinski definition) is 0. The molecule has 0 saturated heterocycles. The first-order chi connectivity index (χ1) is 9.06. The van der Waals surface area contributed by atoms with Gasteiger partial charge in [0.15, 0.2) is 5.78 Å². The third kappa shape index (κ3) is 2.89. The van der Waals surface area contributed by atoms with Crippen molar-refractivity contribution in [2.75, 3.05) is 14.1 Å². The van der Waals surface area contributed by atoms with Crippen molar-refractivity contribution < 1.29 is 4.79 Å². The normalized spacial score (nSPS) is 18.7. The lowest BCUT2D eigenvalue weighted by Gasteiger charge is -2.41. The van der Waals surface area contributed by atoms with E-state index in [1.165, 1.54) is 19.3 Å². The standard InChI is InChI=1S/C15H25N3O/c1-17(2)15(10-5-4-6-11-15)14(19)8-7-13-9-12-16-18(13)3/h9,12H,4-8,10-11H2,1-3H3. The maximum Gasteiger partial charge on any atom is 0.153 e. The van der Waals surface area contributed by atoms with Crippen LogP contribution in [0.25, 0.3) is 0 Å². The van der Waals surface area contributed by atoms with Crippen LogP contribution >= 0.6 is 0 Å². The van der Waals surface area contributed by atoms with Crippen LogP contribution in [0.5, 0.6) is 0 Å². The number of likely N-dealkylation sites (N-methyl/N-ethyl adjacent to an activating group) is 1. The van der Waals surface area contributed by atoms with Gasteiger partial charge >= 0.3 is 0 Å². The van der Waals surface area contributed by atoms with Crippen molar-refractivity contribution in [3.8, 4) is 0 Å². The molecule has 1 aliphatic rings. The topological polar surface area (TPSA) is 38.1 Å². The van der Waals surface area contributed by atoms with Gasteiger partial charge in [-0.15, -0.1) is 0 Å². The summed E-state index contributed by atoms with van der Waals surface area (Å²) >= 11 is 0. The summed E-state index contributed by atoms with van der Waals surface area (Å²) < 4.78 is 1.86. The highest BCUT2D eigenvalue weighted by Crippen LogP contribution is 2.34.